The van der Waals surface area contributed by atoms with Crippen LogP contribution >= 0.6 is 15.9 Å². The number of pyridine rings is 1. The zero-order valence-corrected chi connectivity index (χ0v) is 14.2. The van der Waals surface area contributed by atoms with Crippen LogP contribution < -0.4 is 9.88 Å². The number of hydrogen-bond acceptors (Lipinski definition) is 1. The van der Waals surface area contributed by atoms with Crippen molar-refractivity contribution in [2.24, 2.45) is 0 Å². The predicted molar refractivity (Wildman–Crippen MR) is 88.3 cm³/mol. The fourth-order valence-corrected chi connectivity index (χ4v) is 2.64. The molecule has 0 saturated heterocycles. The summed E-state index contributed by atoms with van der Waals surface area (Å²) in [5, 5.41) is 2.97. The molecule has 1 N–H and O–H groups in total. The largest absolute Gasteiger partial charge is 0.320 e. The third-order valence-corrected chi connectivity index (χ3v) is 3.99. The summed E-state index contributed by atoms with van der Waals surface area (Å²) in [6.45, 7) is 6.43. The van der Waals surface area contributed by atoms with Gasteiger partial charge in [-0.05, 0) is 43.2 Å². The van der Waals surface area contributed by atoms with E-state index in [1.54, 1.807) is 0 Å². The summed E-state index contributed by atoms with van der Waals surface area (Å²) in [5.74, 6) is -0.0122. The van der Waals surface area contributed by atoms with E-state index in [9.17, 15) is 4.79 Å². The van der Waals surface area contributed by atoms with Crippen LogP contribution in [0.25, 0.3) is 0 Å². The van der Waals surface area contributed by atoms with E-state index in [-0.39, 0.29) is 5.91 Å². The number of carbonyl (C=O) groups excluding carboxylic acids is 1. The average Bonchev–Trinajstić information content (AvgIpc) is 2.44. The van der Waals surface area contributed by atoms with Gasteiger partial charge in [0.15, 0.2) is 11.9 Å². The van der Waals surface area contributed by atoms with Gasteiger partial charge in [-0.2, -0.15) is 4.57 Å². The van der Waals surface area contributed by atoms with Gasteiger partial charge in [-0.3, -0.25) is 4.79 Å². The van der Waals surface area contributed by atoms with Crippen LogP contribution in [0.4, 0.5) is 5.69 Å². The van der Waals surface area contributed by atoms with Crippen LogP contribution in [-0.4, -0.2) is 5.91 Å². The van der Waals surface area contributed by atoms with Crippen LogP contribution in [0, 0.1) is 13.8 Å². The van der Waals surface area contributed by atoms with Crippen molar-refractivity contribution in [2.45, 2.75) is 33.7 Å². The number of anilines is 1. The Balaban J connectivity index is 2.11. The molecular weight excluding hydrogens is 328 g/mol. The fraction of sp³-hybridized carbons (Fsp3) is 0.294. The van der Waals surface area contributed by atoms with Gasteiger partial charge in [0.1, 0.15) is 0 Å². The van der Waals surface area contributed by atoms with Crippen molar-refractivity contribution < 1.29 is 9.36 Å². The highest BCUT2D eigenvalue weighted by atomic mass is 79.9. The number of aryl methyl sites for hydroxylation is 3. The number of halogens is 1. The molecule has 0 atom stereocenters. The summed E-state index contributed by atoms with van der Waals surface area (Å²) in [4.78, 5) is 12.2. The second kappa shape index (κ2) is 6.85. The molecule has 3 nitrogen and oxygen atoms in total. The van der Waals surface area contributed by atoms with E-state index in [2.05, 4.69) is 40.3 Å². The Hall–Kier alpha value is -1.68. The zero-order chi connectivity index (χ0) is 15.4. The van der Waals surface area contributed by atoms with Gasteiger partial charge in [-0.25, -0.2) is 0 Å². The molecule has 110 valence electrons. The number of amides is 1. The Morgan fingerprint density at radius 1 is 1.24 bits per heavy atom. The molecule has 1 aromatic carbocycles. The van der Waals surface area contributed by atoms with Crippen LogP contribution in [0.5, 0.6) is 0 Å². The summed E-state index contributed by atoms with van der Waals surface area (Å²) in [6, 6.07) is 9.99. The van der Waals surface area contributed by atoms with Crippen molar-refractivity contribution in [1.82, 2.24) is 0 Å². The monoisotopic (exact) mass is 347 g/mol. The number of carbonyl (C=O) groups is 1. The predicted octanol–water partition coefficient (Wildman–Crippen LogP) is 3.55. The van der Waals surface area contributed by atoms with Crippen molar-refractivity contribution >= 4 is 27.5 Å². The minimum absolute atomic E-state index is 0.0122. The lowest BCUT2D eigenvalue weighted by molar-refractivity contribution is -0.690. The Bertz CT molecular complexity index is 668. The molecule has 4 heteroatoms. The first-order valence-electron chi connectivity index (χ1n) is 7.04. The molecule has 0 spiro atoms. The Morgan fingerprint density at radius 2 is 2.00 bits per heavy atom. The SMILES string of the molecule is CCc1ccc(C)[n+](CC(=O)Nc2ccc(Br)cc2C)c1. The molecule has 2 rings (SSSR count). The summed E-state index contributed by atoms with van der Waals surface area (Å²) >= 11 is 3.42. The van der Waals surface area contributed by atoms with Gasteiger partial charge in [0.2, 0.25) is 6.54 Å². The first-order valence-corrected chi connectivity index (χ1v) is 7.84. The van der Waals surface area contributed by atoms with Gasteiger partial charge in [0.05, 0.1) is 0 Å². The van der Waals surface area contributed by atoms with E-state index < -0.39 is 0 Å². The highest BCUT2D eigenvalue weighted by Gasteiger charge is 2.14. The lowest BCUT2D eigenvalue weighted by Gasteiger charge is -2.08. The first kappa shape index (κ1) is 15.7. The lowest BCUT2D eigenvalue weighted by Crippen LogP contribution is -2.43. The number of nitrogens with zero attached hydrogens (tertiary/aromatic N) is 1. The average molecular weight is 348 g/mol. The Kier molecular flexibility index (Phi) is 5.12. The van der Waals surface area contributed by atoms with Crippen molar-refractivity contribution in [3.8, 4) is 0 Å². The second-order valence-electron chi connectivity index (χ2n) is 5.17. The van der Waals surface area contributed by atoms with Crippen LogP contribution in [0.15, 0.2) is 41.0 Å². The van der Waals surface area contributed by atoms with E-state index >= 15 is 0 Å². The van der Waals surface area contributed by atoms with Gasteiger partial charge in [-0.15, -0.1) is 0 Å². The Labute approximate surface area is 134 Å². The van der Waals surface area contributed by atoms with Gasteiger partial charge in [0.25, 0.3) is 5.91 Å². The van der Waals surface area contributed by atoms with Crippen LogP contribution in [0.1, 0.15) is 23.7 Å². The van der Waals surface area contributed by atoms with Crippen LogP contribution in [-0.2, 0) is 17.8 Å². The van der Waals surface area contributed by atoms with E-state index in [0.29, 0.717) is 6.54 Å². The maximum atomic E-state index is 12.2. The summed E-state index contributed by atoms with van der Waals surface area (Å²) < 4.78 is 3.00. The maximum Gasteiger partial charge on any atom is 0.290 e. The van der Waals surface area contributed by atoms with E-state index in [4.69, 9.17) is 0 Å². The molecule has 1 aromatic heterocycles. The molecule has 1 amide bonds. The quantitative estimate of drug-likeness (QED) is 0.842. The molecule has 0 bridgehead atoms. The number of nitrogens with one attached hydrogen (secondary N) is 1. The highest BCUT2D eigenvalue weighted by Crippen LogP contribution is 2.19. The molecule has 0 aliphatic carbocycles. The Morgan fingerprint density at radius 3 is 2.67 bits per heavy atom. The van der Waals surface area contributed by atoms with Crippen molar-refractivity contribution in [2.75, 3.05) is 5.32 Å². The van der Waals surface area contributed by atoms with Gasteiger partial charge < -0.3 is 5.32 Å². The number of rotatable bonds is 4. The highest BCUT2D eigenvalue weighted by molar-refractivity contribution is 9.10. The smallest absolute Gasteiger partial charge is 0.290 e. The molecule has 0 fully saturated rings. The summed E-state index contributed by atoms with van der Waals surface area (Å²) in [6.07, 6.45) is 3.01. The van der Waals surface area contributed by atoms with Gasteiger partial charge in [-0.1, -0.05) is 22.9 Å². The van der Waals surface area contributed by atoms with E-state index in [1.165, 1.54) is 5.56 Å². The van der Waals surface area contributed by atoms with Crippen molar-refractivity contribution in [1.29, 1.82) is 0 Å². The molecule has 0 unspecified atom stereocenters. The lowest BCUT2D eigenvalue weighted by atomic mass is 10.2. The zero-order valence-electron chi connectivity index (χ0n) is 12.6. The van der Waals surface area contributed by atoms with Crippen LogP contribution in [0.2, 0.25) is 0 Å². The molecule has 0 saturated carbocycles. The first-order chi connectivity index (χ1) is 9.99. The van der Waals surface area contributed by atoms with Crippen LogP contribution in [0.3, 0.4) is 0 Å². The van der Waals surface area contributed by atoms with E-state index in [0.717, 1.165) is 27.8 Å². The number of aromatic nitrogens is 1. The fourth-order valence-electron chi connectivity index (χ4n) is 2.16. The third-order valence-electron chi connectivity index (χ3n) is 3.50. The van der Waals surface area contributed by atoms with E-state index in [1.807, 2.05) is 42.8 Å². The minimum atomic E-state index is -0.0122. The minimum Gasteiger partial charge on any atom is -0.320 e. The van der Waals surface area contributed by atoms with Crippen molar-refractivity contribution in [3.05, 3.63) is 57.8 Å². The van der Waals surface area contributed by atoms with Gasteiger partial charge in [0, 0.05) is 28.7 Å². The second-order valence-corrected chi connectivity index (χ2v) is 6.08. The molecule has 1 heterocycles. The molecule has 2 aromatic rings. The number of hydrogen-bond donors (Lipinski definition) is 1. The maximum absolute atomic E-state index is 12.2. The molecule has 0 aliphatic rings. The molecule has 0 aliphatic heterocycles. The normalized spacial score (nSPS) is 10.5. The molecule has 21 heavy (non-hydrogen) atoms. The number of benzene rings is 1. The molecular formula is C17H20BrN2O+. The van der Waals surface area contributed by atoms with Gasteiger partial charge >= 0.3 is 0 Å². The summed E-state index contributed by atoms with van der Waals surface area (Å²) in [7, 11) is 0. The van der Waals surface area contributed by atoms with Crippen molar-refractivity contribution in [3.63, 3.8) is 0 Å². The molecule has 0 radical (unpaired) electrons. The topological polar surface area (TPSA) is 33.0 Å². The standard InChI is InChI=1S/C17H19BrN2O/c1-4-14-6-5-13(3)20(10-14)11-17(21)19-16-8-7-15(18)9-12(16)2/h5-10H,4,11H2,1-3H3/p+1. The summed E-state index contributed by atoms with van der Waals surface area (Å²) in [5.41, 5.74) is 4.21. The third kappa shape index (κ3) is 4.14.